The number of nitrogens with zero attached hydrogens (tertiary/aromatic N) is 3. The van der Waals surface area contributed by atoms with Gasteiger partial charge in [0.2, 0.25) is 5.95 Å². The van der Waals surface area contributed by atoms with Crippen molar-refractivity contribution in [3.05, 3.63) is 46.2 Å². The number of morpholine rings is 1. The summed E-state index contributed by atoms with van der Waals surface area (Å²) in [5.41, 5.74) is 0.993. The van der Waals surface area contributed by atoms with Gasteiger partial charge in [0.1, 0.15) is 6.10 Å². The number of rotatable bonds is 3. The summed E-state index contributed by atoms with van der Waals surface area (Å²) in [6.45, 7) is 1.99. The van der Waals surface area contributed by atoms with E-state index in [1.54, 1.807) is 25.6 Å². The summed E-state index contributed by atoms with van der Waals surface area (Å²) in [6, 6.07) is 5.55. The maximum Gasteiger partial charge on any atom is 0.225 e. The number of methoxy groups -OCH3 is 1. The first-order valence-corrected chi connectivity index (χ1v) is 7.60. The van der Waals surface area contributed by atoms with Crippen LogP contribution >= 0.6 is 23.2 Å². The SMILES string of the molecule is COc1cnc(N2CCOC(c3ccc(Cl)c(Cl)c3)C2)nc1. The molecule has 0 saturated carbocycles. The van der Waals surface area contributed by atoms with Crippen molar-refractivity contribution in [2.24, 2.45) is 0 Å². The molecule has 2 aromatic rings. The Morgan fingerprint density at radius 3 is 2.68 bits per heavy atom. The maximum absolute atomic E-state index is 6.08. The third-order valence-corrected chi connectivity index (χ3v) is 4.25. The van der Waals surface area contributed by atoms with E-state index in [4.69, 9.17) is 32.7 Å². The minimum absolute atomic E-state index is 0.0887. The second kappa shape index (κ2) is 6.69. The molecule has 1 aromatic heterocycles. The predicted octanol–water partition coefficient (Wildman–Crippen LogP) is 3.37. The quantitative estimate of drug-likeness (QED) is 0.857. The van der Waals surface area contributed by atoms with E-state index in [1.165, 1.54) is 0 Å². The van der Waals surface area contributed by atoms with Crippen molar-refractivity contribution in [1.29, 1.82) is 0 Å². The molecule has 0 aliphatic carbocycles. The van der Waals surface area contributed by atoms with Crippen molar-refractivity contribution in [3.8, 4) is 5.75 Å². The largest absolute Gasteiger partial charge is 0.494 e. The Morgan fingerprint density at radius 2 is 2.00 bits per heavy atom. The van der Waals surface area contributed by atoms with Crippen molar-refractivity contribution in [2.75, 3.05) is 31.7 Å². The molecule has 1 atom stereocenters. The summed E-state index contributed by atoms with van der Waals surface area (Å²) in [4.78, 5) is 10.7. The van der Waals surface area contributed by atoms with Crippen LogP contribution in [0.5, 0.6) is 5.75 Å². The standard InChI is InChI=1S/C15H15Cl2N3O2/c1-21-11-7-18-15(19-8-11)20-4-5-22-14(9-20)10-2-3-12(16)13(17)6-10/h2-3,6-8,14H,4-5,9H2,1H3. The van der Waals surface area contributed by atoms with Gasteiger partial charge in [-0.15, -0.1) is 0 Å². The molecule has 1 aliphatic heterocycles. The van der Waals surface area contributed by atoms with Crippen molar-refractivity contribution in [2.45, 2.75) is 6.10 Å². The highest BCUT2D eigenvalue weighted by Gasteiger charge is 2.24. The zero-order valence-corrected chi connectivity index (χ0v) is 13.5. The summed E-state index contributed by atoms with van der Waals surface area (Å²) >= 11 is 12.0. The molecule has 5 nitrogen and oxygen atoms in total. The Labute approximate surface area is 138 Å². The van der Waals surface area contributed by atoms with Crippen LogP contribution in [0, 0.1) is 0 Å². The summed E-state index contributed by atoms with van der Waals surface area (Å²) in [7, 11) is 1.59. The van der Waals surface area contributed by atoms with E-state index in [0.717, 1.165) is 12.1 Å². The van der Waals surface area contributed by atoms with Gasteiger partial charge < -0.3 is 14.4 Å². The van der Waals surface area contributed by atoms with Crippen LogP contribution < -0.4 is 9.64 Å². The molecule has 3 rings (SSSR count). The molecule has 1 aliphatic rings. The number of hydrogen-bond acceptors (Lipinski definition) is 5. The normalized spacial score (nSPS) is 18.3. The monoisotopic (exact) mass is 339 g/mol. The molecule has 0 bridgehead atoms. The molecule has 2 heterocycles. The van der Waals surface area contributed by atoms with Gasteiger partial charge in [-0.1, -0.05) is 29.3 Å². The second-order valence-electron chi connectivity index (χ2n) is 4.90. The van der Waals surface area contributed by atoms with Crippen LogP contribution in [0.4, 0.5) is 5.95 Å². The van der Waals surface area contributed by atoms with Gasteiger partial charge >= 0.3 is 0 Å². The van der Waals surface area contributed by atoms with Gasteiger partial charge in [0, 0.05) is 6.54 Å². The van der Waals surface area contributed by atoms with E-state index in [1.807, 2.05) is 12.1 Å². The first kappa shape index (κ1) is 15.3. The molecule has 1 fully saturated rings. The van der Waals surface area contributed by atoms with Crippen LogP contribution in [0.15, 0.2) is 30.6 Å². The highest BCUT2D eigenvalue weighted by Crippen LogP contribution is 2.29. The number of aromatic nitrogens is 2. The Morgan fingerprint density at radius 1 is 1.23 bits per heavy atom. The molecule has 0 amide bonds. The number of hydrogen-bond donors (Lipinski definition) is 0. The Balaban J connectivity index is 1.76. The molecule has 1 saturated heterocycles. The number of ether oxygens (including phenoxy) is 2. The van der Waals surface area contributed by atoms with Crippen molar-refractivity contribution >= 4 is 29.2 Å². The Bertz CT molecular complexity index is 652. The Kier molecular flexibility index (Phi) is 4.66. The van der Waals surface area contributed by atoms with Crippen LogP contribution in [-0.2, 0) is 4.74 Å². The molecular weight excluding hydrogens is 325 g/mol. The van der Waals surface area contributed by atoms with Crippen LogP contribution in [0.2, 0.25) is 10.0 Å². The molecule has 0 spiro atoms. The van der Waals surface area contributed by atoms with Gasteiger partial charge in [-0.3, -0.25) is 0 Å². The number of benzene rings is 1. The summed E-state index contributed by atoms with van der Waals surface area (Å²) in [6.07, 6.45) is 3.23. The average molecular weight is 340 g/mol. The van der Waals surface area contributed by atoms with Crippen molar-refractivity contribution < 1.29 is 9.47 Å². The topological polar surface area (TPSA) is 47.5 Å². The van der Waals surface area contributed by atoms with E-state index in [2.05, 4.69) is 14.9 Å². The van der Waals surface area contributed by atoms with Gasteiger partial charge in [0.05, 0.1) is 42.7 Å². The Hall–Kier alpha value is -1.56. The van der Waals surface area contributed by atoms with Crippen molar-refractivity contribution in [1.82, 2.24) is 9.97 Å². The van der Waals surface area contributed by atoms with Gasteiger partial charge in [0.25, 0.3) is 0 Å². The molecule has 22 heavy (non-hydrogen) atoms. The van der Waals surface area contributed by atoms with Gasteiger partial charge in [-0.2, -0.15) is 0 Å². The lowest BCUT2D eigenvalue weighted by Gasteiger charge is -2.33. The molecule has 1 unspecified atom stereocenters. The molecular formula is C15H15Cl2N3O2. The zero-order chi connectivity index (χ0) is 15.5. The predicted molar refractivity (Wildman–Crippen MR) is 86.0 cm³/mol. The molecule has 1 aromatic carbocycles. The van der Waals surface area contributed by atoms with E-state index < -0.39 is 0 Å². The molecule has 0 radical (unpaired) electrons. The smallest absolute Gasteiger partial charge is 0.225 e. The zero-order valence-electron chi connectivity index (χ0n) is 12.0. The second-order valence-corrected chi connectivity index (χ2v) is 5.72. The fourth-order valence-corrected chi connectivity index (χ4v) is 2.63. The average Bonchev–Trinajstić information content (AvgIpc) is 2.57. The lowest BCUT2D eigenvalue weighted by Crippen LogP contribution is -2.39. The van der Waals surface area contributed by atoms with E-state index in [0.29, 0.717) is 34.9 Å². The highest BCUT2D eigenvalue weighted by molar-refractivity contribution is 6.42. The lowest BCUT2D eigenvalue weighted by molar-refractivity contribution is 0.0392. The first-order chi connectivity index (χ1) is 10.7. The number of halogens is 2. The van der Waals surface area contributed by atoms with Crippen molar-refractivity contribution in [3.63, 3.8) is 0 Å². The summed E-state index contributed by atoms with van der Waals surface area (Å²) in [5.74, 6) is 1.30. The van der Waals surface area contributed by atoms with Gasteiger partial charge in [-0.05, 0) is 17.7 Å². The fraction of sp³-hybridized carbons (Fsp3) is 0.333. The van der Waals surface area contributed by atoms with Crippen LogP contribution in [0.1, 0.15) is 11.7 Å². The maximum atomic E-state index is 6.08. The lowest BCUT2D eigenvalue weighted by atomic mass is 10.1. The van der Waals surface area contributed by atoms with Crippen LogP contribution in [0.3, 0.4) is 0 Å². The van der Waals surface area contributed by atoms with E-state index in [9.17, 15) is 0 Å². The minimum Gasteiger partial charge on any atom is -0.494 e. The fourth-order valence-electron chi connectivity index (χ4n) is 2.32. The van der Waals surface area contributed by atoms with E-state index >= 15 is 0 Å². The van der Waals surface area contributed by atoms with Crippen LogP contribution in [0.25, 0.3) is 0 Å². The minimum atomic E-state index is -0.0887. The molecule has 7 heteroatoms. The van der Waals surface area contributed by atoms with Crippen LogP contribution in [-0.4, -0.2) is 36.8 Å². The third-order valence-electron chi connectivity index (χ3n) is 3.51. The first-order valence-electron chi connectivity index (χ1n) is 6.85. The summed E-state index contributed by atoms with van der Waals surface area (Å²) < 4.78 is 10.9. The molecule has 116 valence electrons. The molecule has 0 N–H and O–H groups in total. The van der Waals surface area contributed by atoms with Gasteiger partial charge in [0.15, 0.2) is 5.75 Å². The third kappa shape index (κ3) is 3.27. The van der Waals surface area contributed by atoms with E-state index in [-0.39, 0.29) is 6.10 Å². The van der Waals surface area contributed by atoms with Gasteiger partial charge in [-0.25, -0.2) is 9.97 Å². The highest BCUT2D eigenvalue weighted by atomic mass is 35.5. The summed E-state index contributed by atoms with van der Waals surface area (Å²) in [5, 5.41) is 1.07. The number of anilines is 1.